The highest BCUT2D eigenvalue weighted by molar-refractivity contribution is 6.15. The van der Waals surface area contributed by atoms with Gasteiger partial charge < -0.3 is 11.1 Å². The number of carbonyl (C=O) groups excluding carboxylic acids is 1. The maximum Gasteiger partial charge on any atom is 0.253 e. The molecule has 1 heterocycles. The molecule has 0 aliphatic heterocycles. The third-order valence-electron chi connectivity index (χ3n) is 6.53. The van der Waals surface area contributed by atoms with Crippen LogP contribution in [0.2, 0.25) is 0 Å². The molecule has 5 rings (SSSR count). The maximum atomic E-state index is 13.3. The van der Waals surface area contributed by atoms with E-state index in [2.05, 4.69) is 28.5 Å². The summed E-state index contributed by atoms with van der Waals surface area (Å²) in [4.78, 5) is 17.8. The molecule has 0 spiro atoms. The van der Waals surface area contributed by atoms with Crippen molar-refractivity contribution >= 4 is 52.4 Å². The lowest BCUT2D eigenvalue weighted by Crippen LogP contribution is -2.53. The zero-order valence-electron chi connectivity index (χ0n) is 16.2. The normalized spacial score (nSPS) is 25.7. The lowest BCUT2D eigenvalue weighted by atomic mass is 9.67. The largest absolute Gasteiger partial charge is 0.349 e. The molecule has 2 saturated carbocycles. The van der Waals surface area contributed by atoms with Crippen LogP contribution in [0.15, 0.2) is 48.7 Å². The highest BCUT2D eigenvalue weighted by Crippen LogP contribution is 2.40. The van der Waals surface area contributed by atoms with Crippen LogP contribution >= 0.6 is 24.8 Å². The summed E-state index contributed by atoms with van der Waals surface area (Å²) in [6.07, 6.45) is 7.42. The fourth-order valence-electron chi connectivity index (χ4n) is 5.36. The van der Waals surface area contributed by atoms with Crippen LogP contribution in [0.3, 0.4) is 0 Å². The molecule has 3 aromatic rings. The summed E-state index contributed by atoms with van der Waals surface area (Å²) >= 11 is 0. The summed E-state index contributed by atoms with van der Waals surface area (Å²) in [5, 5.41) is 6.63. The Hall–Kier alpha value is -1.88. The van der Waals surface area contributed by atoms with E-state index in [9.17, 15) is 4.79 Å². The van der Waals surface area contributed by atoms with Crippen molar-refractivity contribution < 1.29 is 4.79 Å². The minimum absolute atomic E-state index is 0. The van der Waals surface area contributed by atoms with E-state index in [4.69, 9.17) is 5.73 Å². The van der Waals surface area contributed by atoms with Crippen molar-refractivity contribution in [3.63, 3.8) is 0 Å². The zero-order valence-corrected chi connectivity index (χ0v) is 17.8. The van der Waals surface area contributed by atoms with E-state index in [1.165, 1.54) is 19.3 Å². The summed E-state index contributed by atoms with van der Waals surface area (Å²) in [5.41, 5.74) is 7.70. The lowest BCUT2D eigenvalue weighted by Gasteiger charge is -2.45. The standard InChI is InChI=1S/C23H25N3O.2ClH/c24-17-11-15-6-3-7-16(12-17)21(15)26-23(27)20-13-14-5-1-2-8-18(14)19-9-4-10-25-22(19)20;;/h1-2,4-5,8-10,13,15-17,21H,3,6-7,11-12,24H2,(H,26,27);2*1H. The third-order valence-corrected chi connectivity index (χ3v) is 6.53. The van der Waals surface area contributed by atoms with E-state index in [-0.39, 0.29) is 42.8 Å². The van der Waals surface area contributed by atoms with E-state index < -0.39 is 0 Å². The molecule has 2 bridgehead atoms. The van der Waals surface area contributed by atoms with Gasteiger partial charge in [-0.1, -0.05) is 36.8 Å². The minimum Gasteiger partial charge on any atom is -0.349 e. The number of nitrogens with two attached hydrogens (primary N) is 1. The van der Waals surface area contributed by atoms with Crippen molar-refractivity contribution in [2.75, 3.05) is 0 Å². The molecule has 2 atom stereocenters. The Kier molecular flexibility index (Phi) is 6.67. The van der Waals surface area contributed by atoms with Gasteiger partial charge in [0, 0.05) is 23.7 Å². The molecular weight excluding hydrogens is 405 g/mol. The fraction of sp³-hybridized carbons (Fsp3) is 0.391. The average molecular weight is 432 g/mol. The summed E-state index contributed by atoms with van der Waals surface area (Å²) in [7, 11) is 0. The number of hydrogen-bond donors (Lipinski definition) is 2. The van der Waals surface area contributed by atoms with Gasteiger partial charge in [-0.2, -0.15) is 0 Å². The first-order valence-corrected chi connectivity index (χ1v) is 10.0. The van der Waals surface area contributed by atoms with Crippen LogP contribution in [-0.2, 0) is 0 Å². The first kappa shape index (κ1) is 21.8. The minimum atomic E-state index is 0. The van der Waals surface area contributed by atoms with E-state index in [1.54, 1.807) is 6.20 Å². The fourth-order valence-corrected chi connectivity index (χ4v) is 5.36. The predicted molar refractivity (Wildman–Crippen MR) is 123 cm³/mol. The number of halogens is 2. The molecule has 4 nitrogen and oxygen atoms in total. The number of amides is 1. The van der Waals surface area contributed by atoms with Gasteiger partial charge in [0.25, 0.3) is 5.91 Å². The van der Waals surface area contributed by atoms with Gasteiger partial charge in [0.2, 0.25) is 0 Å². The van der Waals surface area contributed by atoms with Crippen LogP contribution < -0.4 is 11.1 Å². The smallest absolute Gasteiger partial charge is 0.253 e. The molecule has 3 N–H and O–H groups in total. The van der Waals surface area contributed by atoms with Crippen LogP contribution in [0.4, 0.5) is 0 Å². The van der Waals surface area contributed by atoms with Crippen LogP contribution in [0.5, 0.6) is 0 Å². The molecule has 154 valence electrons. The Morgan fingerprint density at radius 1 is 1.00 bits per heavy atom. The number of carbonyl (C=O) groups is 1. The summed E-state index contributed by atoms with van der Waals surface area (Å²) in [6, 6.07) is 14.7. The number of benzene rings is 2. The average Bonchev–Trinajstić information content (AvgIpc) is 2.68. The topological polar surface area (TPSA) is 68.0 Å². The van der Waals surface area contributed by atoms with Crippen molar-refractivity contribution in [2.24, 2.45) is 17.6 Å². The number of nitrogens with one attached hydrogen (secondary N) is 1. The number of fused-ring (bicyclic) bond motifs is 5. The Bertz CT molecular complexity index is 1010. The molecule has 6 heteroatoms. The molecule has 1 amide bonds. The van der Waals surface area contributed by atoms with Crippen LogP contribution in [0.25, 0.3) is 21.7 Å². The predicted octanol–water partition coefficient (Wildman–Crippen LogP) is 4.87. The monoisotopic (exact) mass is 431 g/mol. The van der Waals surface area contributed by atoms with Crippen molar-refractivity contribution in [3.05, 3.63) is 54.2 Å². The van der Waals surface area contributed by atoms with Gasteiger partial charge in [-0.15, -0.1) is 24.8 Å². The Morgan fingerprint density at radius 3 is 2.45 bits per heavy atom. The second-order valence-corrected chi connectivity index (χ2v) is 8.23. The number of nitrogens with zero attached hydrogens (tertiary/aromatic N) is 1. The van der Waals surface area contributed by atoms with Gasteiger partial charge in [0.1, 0.15) is 0 Å². The van der Waals surface area contributed by atoms with E-state index >= 15 is 0 Å². The molecule has 0 saturated heterocycles. The molecule has 29 heavy (non-hydrogen) atoms. The molecule has 1 aromatic heterocycles. The molecule has 2 aliphatic rings. The molecule has 2 aromatic carbocycles. The molecule has 2 unspecified atom stereocenters. The van der Waals surface area contributed by atoms with Crippen LogP contribution in [0.1, 0.15) is 42.5 Å². The first-order chi connectivity index (χ1) is 13.2. The SMILES string of the molecule is Cl.Cl.NC1CC2CCCC(C1)C2NC(=O)c1cc2ccccc2c2cccnc12. The molecular formula is C23H27Cl2N3O. The van der Waals surface area contributed by atoms with Gasteiger partial charge in [-0.25, -0.2) is 0 Å². The Morgan fingerprint density at radius 2 is 1.69 bits per heavy atom. The van der Waals surface area contributed by atoms with Gasteiger partial charge in [-0.05, 0) is 60.4 Å². The van der Waals surface area contributed by atoms with E-state index in [0.717, 1.165) is 34.5 Å². The van der Waals surface area contributed by atoms with Crippen molar-refractivity contribution in [1.29, 1.82) is 0 Å². The third kappa shape index (κ3) is 3.94. The van der Waals surface area contributed by atoms with E-state index in [0.29, 0.717) is 17.4 Å². The Labute approximate surface area is 183 Å². The lowest BCUT2D eigenvalue weighted by molar-refractivity contribution is 0.0757. The second kappa shape index (κ2) is 8.86. The van der Waals surface area contributed by atoms with Crippen molar-refractivity contribution in [3.8, 4) is 0 Å². The number of aromatic nitrogens is 1. The number of pyridine rings is 1. The summed E-state index contributed by atoms with van der Waals surface area (Å²) < 4.78 is 0. The first-order valence-electron chi connectivity index (χ1n) is 10.0. The van der Waals surface area contributed by atoms with Gasteiger partial charge in [-0.3, -0.25) is 9.78 Å². The summed E-state index contributed by atoms with van der Waals surface area (Å²) in [5.74, 6) is 1.02. The van der Waals surface area contributed by atoms with Crippen LogP contribution in [-0.4, -0.2) is 23.0 Å². The van der Waals surface area contributed by atoms with Gasteiger partial charge in [0.15, 0.2) is 0 Å². The Balaban J connectivity index is 0.00000120. The van der Waals surface area contributed by atoms with Crippen LogP contribution in [0, 0.1) is 11.8 Å². The molecule has 2 fully saturated rings. The van der Waals surface area contributed by atoms with Crippen molar-refractivity contribution in [1.82, 2.24) is 10.3 Å². The maximum absolute atomic E-state index is 13.3. The van der Waals surface area contributed by atoms with Gasteiger partial charge >= 0.3 is 0 Å². The van der Waals surface area contributed by atoms with Gasteiger partial charge in [0.05, 0.1) is 11.1 Å². The van der Waals surface area contributed by atoms with E-state index in [1.807, 2.05) is 24.3 Å². The highest BCUT2D eigenvalue weighted by atomic mass is 35.5. The molecule has 2 aliphatic carbocycles. The number of hydrogen-bond acceptors (Lipinski definition) is 3. The quantitative estimate of drug-likeness (QED) is 0.568. The van der Waals surface area contributed by atoms with Crippen molar-refractivity contribution in [2.45, 2.75) is 44.2 Å². The second-order valence-electron chi connectivity index (χ2n) is 8.23. The number of rotatable bonds is 2. The molecule has 0 radical (unpaired) electrons. The zero-order chi connectivity index (χ0) is 18.4. The summed E-state index contributed by atoms with van der Waals surface area (Å²) in [6.45, 7) is 0. The highest BCUT2D eigenvalue weighted by Gasteiger charge is 2.40.